The summed E-state index contributed by atoms with van der Waals surface area (Å²) in [6, 6.07) is 7.00. The molecule has 2 aromatic carbocycles. The first-order valence-corrected chi connectivity index (χ1v) is 9.30. The number of rotatable bonds is 2. The molecule has 1 aliphatic heterocycles. The average molecular weight is 389 g/mol. The van der Waals surface area contributed by atoms with Crippen molar-refractivity contribution in [3.63, 3.8) is 0 Å². The summed E-state index contributed by atoms with van der Waals surface area (Å²) in [6.45, 7) is 3.97. The second kappa shape index (κ2) is 6.29. The van der Waals surface area contributed by atoms with E-state index in [9.17, 15) is 10.1 Å². The molecule has 0 fully saturated rings. The number of nitrogens with zero attached hydrogens (tertiary/aromatic N) is 1. The predicted octanol–water partition coefficient (Wildman–Crippen LogP) is 6.34. The Morgan fingerprint density at radius 1 is 1.23 bits per heavy atom. The number of allylic oxidation sites excluding steroid dienone is 2. The zero-order valence-corrected chi connectivity index (χ0v) is 15.9. The minimum Gasteiger partial charge on any atom is -0.372 e. The van der Waals surface area contributed by atoms with Crippen molar-refractivity contribution in [2.45, 2.75) is 32.2 Å². The molecule has 0 radical (unpaired) electrons. The number of nitro groups is 1. The first-order chi connectivity index (χ1) is 12.4. The number of anilines is 1. The molecule has 0 aromatic heterocycles. The van der Waals surface area contributed by atoms with Crippen LogP contribution >= 0.6 is 23.2 Å². The van der Waals surface area contributed by atoms with E-state index < -0.39 is 0 Å². The molecule has 0 spiro atoms. The van der Waals surface area contributed by atoms with E-state index in [1.807, 2.05) is 26.0 Å². The molecule has 0 unspecified atom stereocenters. The maximum atomic E-state index is 11.7. The Hall–Kier alpha value is -2.04. The zero-order chi connectivity index (χ0) is 18.6. The molecule has 0 saturated carbocycles. The van der Waals surface area contributed by atoms with Gasteiger partial charge < -0.3 is 5.32 Å². The molecule has 3 atom stereocenters. The molecule has 2 aliphatic rings. The van der Waals surface area contributed by atoms with Crippen LogP contribution in [0.4, 0.5) is 11.4 Å². The van der Waals surface area contributed by atoms with E-state index in [2.05, 4.69) is 17.5 Å². The van der Waals surface area contributed by atoms with Gasteiger partial charge in [-0.1, -0.05) is 41.4 Å². The summed E-state index contributed by atoms with van der Waals surface area (Å²) < 4.78 is 0. The molecule has 0 bridgehead atoms. The molecule has 26 heavy (non-hydrogen) atoms. The van der Waals surface area contributed by atoms with Crippen LogP contribution in [0.2, 0.25) is 10.0 Å². The van der Waals surface area contributed by atoms with Crippen LogP contribution in [0.25, 0.3) is 0 Å². The van der Waals surface area contributed by atoms with Crippen molar-refractivity contribution in [2.24, 2.45) is 5.92 Å². The lowest BCUT2D eigenvalue weighted by Gasteiger charge is -2.38. The van der Waals surface area contributed by atoms with Crippen molar-refractivity contribution >= 4 is 34.6 Å². The van der Waals surface area contributed by atoms with Crippen molar-refractivity contribution < 1.29 is 4.92 Å². The van der Waals surface area contributed by atoms with E-state index >= 15 is 0 Å². The van der Waals surface area contributed by atoms with Gasteiger partial charge in [-0.05, 0) is 60.6 Å². The maximum Gasteiger partial charge on any atom is 0.292 e. The van der Waals surface area contributed by atoms with Gasteiger partial charge in [0.2, 0.25) is 0 Å². The van der Waals surface area contributed by atoms with Gasteiger partial charge in [0.25, 0.3) is 5.69 Å². The van der Waals surface area contributed by atoms with Gasteiger partial charge in [-0.15, -0.1) is 0 Å². The van der Waals surface area contributed by atoms with Gasteiger partial charge in [0, 0.05) is 22.0 Å². The van der Waals surface area contributed by atoms with E-state index in [1.54, 1.807) is 12.1 Å². The Morgan fingerprint density at radius 2 is 2.00 bits per heavy atom. The number of hydrogen-bond acceptors (Lipinski definition) is 3. The largest absolute Gasteiger partial charge is 0.372 e. The third kappa shape index (κ3) is 2.60. The summed E-state index contributed by atoms with van der Waals surface area (Å²) in [5, 5.41) is 16.3. The topological polar surface area (TPSA) is 55.2 Å². The molecule has 4 rings (SSSR count). The molecule has 6 heteroatoms. The van der Waals surface area contributed by atoms with Crippen LogP contribution in [0, 0.1) is 29.9 Å². The molecule has 0 amide bonds. The fourth-order valence-electron chi connectivity index (χ4n) is 4.29. The number of halogens is 2. The van der Waals surface area contributed by atoms with Crippen molar-refractivity contribution in [3.8, 4) is 0 Å². The second-order valence-electron chi connectivity index (χ2n) is 7.02. The van der Waals surface area contributed by atoms with E-state index in [0.717, 1.165) is 28.7 Å². The van der Waals surface area contributed by atoms with Gasteiger partial charge in [0.1, 0.15) is 5.69 Å². The molecule has 1 N–H and O–H groups in total. The van der Waals surface area contributed by atoms with Crippen LogP contribution in [0.3, 0.4) is 0 Å². The summed E-state index contributed by atoms with van der Waals surface area (Å²) in [6.07, 6.45) is 5.25. The molecule has 4 nitrogen and oxygen atoms in total. The smallest absolute Gasteiger partial charge is 0.292 e. The Morgan fingerprint density at radius 3 is 2.69 bits per heavy atom. The zero-order valence-electron chi connectivity index (χ0n) is 14.4. The Labute approximate surface area is 162 Å². The molecule has 1 aliphatic carbocycles. The highest BCUT2D eigenvalue weighted by molar-refractivity contribution is 6.35. The van der Waals surface area contributed by atoms with Crippen molar-refractivity contribution in [3.05, 3.63) is 78.8 Å². The van der Waals surface area contributed by atoms with Gasteiger partial charge in [-0.25, -0.2) is 0 Å². The molecule has 2 aromatic rings. The van der Waals surface area contributed by atoms with Gasteiger partial charge in [0.05, 0.1) is 11.0 Å². The highest BCUT2D eigenvalue weighted by Gasteiger charge is 2.42. The standard InChI is InChI=1S/C20H18Cl2N2O2/c1-10-8-17(24(25)26)20-18(11(10)2)13-4-3-5-14(13)19(23-20)15-7-6-12(21)9-16(15)22/h3-4,6-9,13-14,19,23H,5H2,1-2H3/t13-,14+,19-/m1/s1. The van der Waals surface area contributed by atoms with E-state index in [-0.39, 0.29) is 28.5 Å². The molecule has 0 saturated heterocycles. The summed E-state index contributed by atoms with van der Waals surface area (Å²) in [5.74, 6) is 0.405. The SMILES string of the molecule is Cc1cc([N+](=O)[O-])c2c(c1C)[C@@H]1C=CC[C@@H]1[C@H](c1ccc(Cl)cc1Cl)N2. The minimum atomic E-state index is -0.308. The fourth-order valence-corrected chi connectivity index (χ4v) is 4.81. The lowest BCUT2D eigenvalue weighted by atomic mass is 9.74. The number of nitro benzene ring substituents is 1. The Kier molecular flexibility index (Phi) is 4.20. The lowest BCUT2D eigenvalue weighted by molar-refractivity contribution is -0.384. The van der Waals surface area contributed by atoms with Crippen molar-refractivity contribution in [1.82, 2.24) is 0 Å². The molecular weight excluding hydrogens is 371 g/mol. The van der Waals surface area contributed by atoms with E-state index in [1.165, 1.54) is 0 Å². The van der Waals surface area contributed by atoms with Gasteiger partial charge in [0.15, 0.2) is 0 Å². The summed E-state index contributed by atoms with van der Waals surface area (Å²) >= 11 is 12.5. The van der Waals surface area contributed by atoms with Crippen LogP contribution < -0.4 is 5.32 Å². The van der Waals surface area contributed by atoms with Gasteiger partial charge in [-0.2, -0.15) is 0 Å². The number of nitrogens with one attached hydrogen (secondary N) is 1. The number of aryl methyl sites for hydroxylation is 1. The van der Waals surface area contributed by atoms with Crippen LogP contribution in [-0.4, -0.2) is 4.92 Å². The lowest BCUT2D eigenvalue weighted by Crippen LogP contribution is -2.30. The Balaban J connectivity index is 1.92. The highest BCUT2D eigenvalue weighted by atomic mass is 35.5. The van der Waals surface area contributed by atoms with Crippen LogP contribution in [-0.2, 0) is 0 Å². The monoisotopic (exact) mass is 388 g/mol. The first-order valence-electron chi connectivity index (χ1n) is 8.55. The molecular formula is C20H18Cl2N2O2. The van der Waals surface area contributed by atoms with E-state index in [4.69, 9.17) is 23.2 Å². The minimum absolute atomic E-state index is 0.104. The summed E-state index contributed by atoms with van der Waals surface area (Å²) in [7, 11) is 0. The van der Waals surface area contributed by atoms with Crippen LogP contribution in [0.15, 0.2) is 36.4 Å². The van der Waals surface area contributed by atoms with Gasteiger partial charge >= 0.3 is 0 Å². The average Bonchev–Trinajstić information content (AvgIpc) is 3.06. The third-order valence-corrected chi connectivity index (χ3v) is 6.21. The summed E-state index contributed by atoms with van der Waals surface area (Å²) in [4.78, 5) is 11.4. The number of benzene rings is 2. The number of hydrogen-bond donors (Lipinski definition) is 1. The predicted molar refractivity (Wildman–Crippen MR) is 105 cm³/mol. The summed E-state index contributed by atoms with van der Waals surface area (Å²) in [5.41, 5.74) is 4.75. The highest BCUT2D eigenvalue weighted by Crippen LogP contribution is 2.54. The second-order valence-corrected chi connectivity index (χ2v) is 7.87. The Bertz CT molecular complexity index is 955. The van der Waals surface area contributed by atoms with Crippen molar-refractivity contribution in [1.29, 1.82) is 0 Å². The van der Waals surface area contributed by atoms with Gasteiger partial charge in [-0.3, -0.25) is 10.1 Å². The first kappa shape index (κ1) is 17.4. The third-order valence-electron chi connectivity index (χ3n) is 5.64. The van der Waals surface area contributed by atoms with Crippen LogP contribution in [0.1, 0.15) is 40.6 Å². The molecule has 1 heterocycles. The van der Waals surface area contributed by atoms with Crippen molar-refractivity contribution in [2.75, 3.05) is 5.32 Å². The fraction of sp³-hybridized carbons (Fsp3) is 0.300. The maximum absolute atomic E-state index is 11.7. The van der Waals surface area contributed by atoms with E-state index in [0.29, 0.717) is 15.7 Å². The number of fused-ring (bicyclic) bond motifs is 3. The quantitative estimate of drug-likeness (QED) is 0.370. The van der Waals surface area contributed by atoms with Crippen LogP contribution in [0.5, 0.6) is 0 Å². The molecule has 134 valence electrons. The normalized spacial score (nSPS) is 23.3.